The summed E-state index contributed by atoms with van der Waals surface area (Å²) in [5.74, 6) is -1.33. The van der Waals surface area contributed by atoms with Gasteiger partial charge in [0.25, 0.3) is 0 Å². The monoisotopic (exact) mass is 354 g/mol. The van der Waals surface area contributed by atoms with Crippen LogP contribution in [-0.4, -0.2) is 40.8 Å². The predicted octanol–water partition coefficient (Wildman–Crippen LogP) is 3.03. The fourth-order valence-electron chi connectivity index (χ4n) is 3.32. The Bertz CT molecular complexity index is 494. The summed E-state index contributed by atoms with van der Waals surface area (Å²) < 4.78 is 5.15. The molecule has 1 heterocycles. The van der Waals surface area contributed by atoms with E-state index >= 15 is 0 Å². The van der Waals surface area contributed by atoms with E-state index in [2.05, 4.69) is 6.08 Å². The molecule has 0 spiro atoms. The molecule has 0 aromatic carbocycles. The Hall–Kier alpha value is -1.20. The largest absolute Gasteiger partial charge is 0.465 e. The Morgan fingerprint density at radius 3 is 2.48 bits per heavy atom. The minimum atomic E-state index is -1.14. The third kappa shape index (κ3) is 6.23. The second-order valence-electron chi connectivity index (χ2n) is 8.01. The minimum Gasteiger partial charge on any atom is -0.465 e. The van der Waals surface area contributed by atoms with Gasteiger partial charge >= 0.3 is 5.97 Å². The summed E-state index contributed by atoms with van der Waals surface area (Å²) >= 11 is 0. The highest BCUT2D eigenvalue weighted by atomic mass is 16.5. The Morgan fingerprint density at radius 1 is 1.20 bits per heavy atom. The highest BCUT2D eigenvalue weighted by molar-refractivity contribution is 5.87. The van der Waals surface area contributed by atoms with Gasteiger partial charge in [0.2, 0.25) is 0 Å². The smallest absolute Gasteiger partial charge is 0.308 e. The third-order valence-corrected chi connectivity index (χ3v) is 5.44. The molecular weight excluding hydrogens is 320 g/mol. The van der Waals surface area contributed by atoms with Crippen molar-refractivity contribution in [3.05, 3.63) is 11.6 Å². The number of cyclic esters (lactones) is 1. The van der Waals surface area contributed by atoms with Crippen molar-refractivity contribution in [1.82, 2.24) is 0 Å². The van der Waals surface area contributed by atoms with Crippen LogP contribution in [-0.2, 0) is 14.3 Å². The van der Waals surface area contributed by atoms with Crippen LogP contribution in [0.2, 0.25) is 0 Å². The molecule has 0 aromatic heterocycles. The summed E-state index contributed by atoms with van der Waals surface area (Å²) in [4.78, 5) is 24.7. The molecule has 4 atom stereocenters. The number of aliphatic hydroxyl groups is 2. The molecule has 144 valence electrons. The summed E-state index contributed by atoms with van der Waals surface area (Å²) in [7, 11) is 0. The molecule has 5 heteroatoms. The molecule has 0 aliphatic carbocycles. The molecule has 0 amide bonds. The topological polar surface area (TPSA) is 83.8 Å². The lowest BCUT2D eigenvalue weighted by Crippen LogP contribution is -2.45. The number of allylic oxidation sites excluding steroid dienone is 1. The number of carbonyl (C=O) groups excluding carboxylic acids is 2. The van der Waals surface area contributed by atoms with Crippen molar-refractivity contribution >= 4 is 11.8 Å². The van der Waals surface area contributed by atoms with Crippen molar-refractivity contribution in [3.63, 3.8) is 0 Å². The number of Topliss-reactive ketones (excluding diaryl/α,β-unsaturated/α-hetero) is 1. The van der Waals surface area contributed by atoms with Gasteiger partial charge in [0.15, 0.2) is 0 Å². The molecule has 0 unspecified atom stereocenters. The number of ketones is 1. The maximum absolute atomic E-state index is 12.8. The zero-order valence-electron chi connectivity index (χ0n) is 16.2. The van der Waals surface area contributed by atoms with Crippen LogP contribution in [0.3, 0.4) is 0 Å². The zero-order chi connectivity index (χ0) is 19.2. The van der Waals surface area contributed by atoms with Crippen molar-refractivity contribution < 1.29 is 24.5 Å². The molecule has 0 bridgehead atoms. The predicted molar refractivity (Wildman–Crippen MR) is 96.9 cm³/mol. The van der Waals surface area contributed by atoms with Gasteiger partial charge in [-0.05, 0) is 38.5 Å². The number of ether oxygens (including phenoxy) is 1. The summed E-state index contributed by atoms with van der Waals surface area (Å²) in [5.41, 5.74) is 0.113. The van der Waals surface area contributed by atoms with Crippen LogP contribution in [0.1, 0.15) is 66.7 Å². The average Bonchev–Trinajstić information content (AvgIpc) is 2.55. The SMILES string of the molecule is C/C1=C/CCOC(=O)C[C@H](O)C(C)(C)C(=O)[C@H](C)[C@H](O)[C@@H](C)CCC1. The highest BCUT2D eigenvalue weighted by Gasteiger charge is 2.42. The molecule has 25 heavy (non-hydrogen) atoms. The lowest BCUT2D eigenvalue weighted by Gasteiger charge is -2.34. The highest BCUT2D eigenvalue weighted by Crippen LogP contribution is 2.31. The molecule has 1 aliphatic heterocycles. The van der Waals surface area contributed by atoms with Crippen molar-refractivity contribution in [2.24, 2.45) is 17.3 Å². The fraction of sp³-hybridized carbons (Fsp3) is 0.800. The molecule has 0 saturated carbocycles. The van der Waals surface area contributed by atoms with Crippen molar-refractivity contribution in [1.29, 1.82) is 0 Å². The number of hydrogen-bond donors (Lipinski definition) is 2. The van der Waals surface area contributed by atoms with Crippen molar-refractivity contribution in [3.8, 4) is 0 Å². The summed E-state index contributed by atoms with van der Waals surface area (Å²) in [6.45, 7) is 9.22. The van der Waals surface area contributed by atoms with Crippen LogP contribution in [0.25, 0.3) is 0 Å². The molecule has 1 aliphatic rings. The van der Waals surface area contributed by atoms with Gasteiger partial charge in [-0.1, -0.05) is 39.3 Å². The molecule has 0 fully saturated rings. The minimum absolute atomic E-state index is 0.00226. The van der Waals surface area contributed by atoms with Gasteiger partial charge in [-0.3, -0.25) is 9.59 Å². The van der Waals surface area contributed by atoms with Gasteiger partial charge in [-0.2, -0.15) is 0 Å². The van der Waals surface area contributed by atoms with Gasteiger partial charge in [0, 0.05) is 5.92 Å². The molecule has 1 rings (SSSR count). The van der Waals surface area contributed by atoms with E-state index in [0.717, 1.165) is 19.3 Å². The van der Waals surface area contributed by atoms with Gasteiger partial charge in [-0.15, -0.1) is 0 Å². The van der Waals surface area contributed by atoms with Gasteiger partial charge < -0.3 is 14.9 Å². The second-order valence-corrected chi connectivity index (χ2v) is 8.01. The van der Waals surface area contributed by atoms with Gasteiger partial charge in [0.05, 0.1) is 30.7 Å². The second kappa shape index (κ2) is 9.48. The molecular formula is C20H34O5. The first-order valence-electron chi connectivity index (χ1n) is 9.29. The summed E-state index contributed by atoms with van der Waals surface area (Å²) in [6, 6.07) is 0. The standard InChI is InChI=1S/C20H34O5/c1-13-8-6-10-14(2)18(23)15(3)19(24)20(4,5)16(21)12-17(22)25-11-7-9-13/h9,14-16,18,21,23H,6-8,10-12H2,1-5H3/b13-9-/t14-,15+,16-,18+/m0/s1. The van der Waals surface area contributed by atoms with Crippen LogP contribution in [0.15, 0.2) is 11.6 Å². The summed E-state index contributed by atoms with van der Waals surface area (Å²) in [5, 5.41) is 20.9. The van der Waals surface area contributed by atoms with Gasteiger partial charge in [0.1, 0.15) is 5.78 Å². The molecule has 0 aromatic rings. The Balaban J connectivity index is 2.97. The maximum atomic E-state index is 12.8. The number of esters is 1. The van der Waals surface area contributed by atoms with Crippen LogP contribution < -0.4 is 0 Å². The first kappa shape index (κ1) is 21.8. The van der Waals surface area contributed by atoms with E-state index in [9.17, 15) is 19.8 Å². The molecule has 0 radical (unpaired) electrons. The van der Waals surface area contributed by atoms with E-state index in [1.54, 1.807) is 20.8 Å². The number of carbonyl (C=O) groups is 2. The van der Waals surface area contributed by atoms with E-state index in [1.165, 1.54) is 5.57 Å². The van der Waals surface area contributed by atoms with Crippen molar-refractivity contribution in [2.45, 2.75) is 78.9 Å². The first-order chi connectivity index (χ1) is 11.6. The lowest BCUT2D eigenvalue weighted by atomic mass is 9.73. The third-order valence-electron chi connectivity index (χ3n) is 5.44. The molecule has 5 nitrogen and oxygen atoms in total. The van der Waals surface area contributed by atoms with Crippen LogP contribution in [0.5, 0.6) is 0 Å². The van der Waals surface area contributed by atoms with E-state index in [1.807, 2.05) is 13.8 Å². The summed E-state index contributed by atoms with van der Waals surface area (Å²) in [6.07, 6.45) is 3.29. The number of aliphatic hydroxyl groups excluding tert-OH is 2. The fourth-order valence-corrected chi connectivity index (χ4v) is 3.32. The number of rotatable bonds is 0. The van der Waals surface area contributed by atoms with Crippen molar-refractivity contribution in [2.75, 3.05) is 6.61 Å². The maximum Gasteiger partial charge on any atom is 0.308 e. The number of hydrogen-bond acceptors (Lipinski definition) is 5. The Labute approximate surface area is 151 Å². The van der Waals surface area contributed by atoms with E-state index < -0.39 is 29.5 Å². The quantitative estimate of drug-likeness (QED) is 0.516. The first-order valence-corrected chi connectivity index (χ1v) is 9.29. The zero-order valence-corrected chi connectivity index (χ0v) is 16.2. The van der Waals surface area contributed by atoms with Crippen LogP contribution in [0, 0.1) is 17.3 Å². The van der Waals surface area contributed by atoms with E-state index in [0.29, 0.717) is 6.42 Å². The molecule has 2 N–H and O–H groups in total. The normalized spacial score (nSPS) is 35.6. The van der Waals surface area contributed by atoms with Crippen LogP contribution >= 0.6 is 0 Å². The Kier molecular flexibility index (Phi) is 8.29. The average molecular weight is 354 g/mol. The lowest BCUT2D eigenvalue weighted by molar-refractivity contribution is -0.151. The van der Waals surface area contributed by atoms with Crippen LogP contribution in [0.4, 0.5) is 0 Å². The Morgan fingerprint density at radius 2 is 1.84 bits per heavy atom. The van der Waals surface area contributed by atoms with E-state index in [4.69, 9.17) is 4.74 Å². The van der Waals surface area contributed by atoms with Gasteiger partial charge in [-0.25, -0.2) is 0 Å². The molecule has 0 saturated heterocycles. The van der Waals surface area contributed by atoms with E-state index in [-0.39, 0.29) is 24.7 Å².